The monoisotopic (exact) mass is 220 g/mol. The van der Waals surface area contributed by atoms with Crippen LogP contribution < -0.4 is 10.5 Å². The molecule has 0 spiro atoms. The van der Waals surface area contributed by atoms with Crippen LogP contribution in [-0.2, 0) is 6.42 Å². The molecular formula is C13H20N2O. The molecule has 1 aliphatic rings. The van der Waals surface area contributed by atoms with Gasteiger partial charge in [0, 0.05) is 19.1 Å². The van der Waals surface area contributed by atoms with Crippen molar-refractivity contribution in [2.75, 3.05) is 26.7 Å². The number of nitrogens with zero attached hydrogens (tertiary/aromatic N) is 1. The molecule has 1 aromatic rings. The van der Waals surface area contributed by atoms with E-state index in [0.717, 1.165) is 38.2 Å². The van der Waals surface area contributed by atoms with Gasteiger partial charge in [-0.3, -0.25) is 0 Å². The number of ether oxygens (including phenoxy) is 1. The van der Waals surface area contributed by atoms with Gasteiger partial charge in [0.15, 0.2) is 0 Å². The zero-order valence-electron chi connectivity index (χ0n) is 9.86. The molecule has 1 aliphatic heterocycles. The van der Waals surface area contributed by atoms with Gasteiger partial charge in [-0.2, -0.15) is 0 Å². The number of benzene rings is 1. The lowest BCUT2D eigenvalue weighted by molar-refractivity contribution is 0.339. The Labute approximate surface area is 97.2 Å². The Morgan fingerprint density at radius 2 is 2.12 bits per heavy atom. The number of likely N-dealkylation sites (tertiary alicyclic amines) is 1. The van der Waals surface area contributed by atoms with Crippen molar-refractivity contribution < 1.29 is 4.74 Å². The fourth-order valence-electron chi connectivity index (χ4n) is 2.15. The van der Waals surface area contributed by atoms with Crippen LogP contribution in [0.4, 0.5) is 0 Å². The van der Waals surface area contributed by atoms with Crippen molar-refractivity contribution >= 4 is 0 Å². The van der Waals surface area contributed by atoms with Crippen LogP contribution in [0.2, 0.25) is 0 Å². The third-order valence-electron chi connectivity index (χ3n) is 3.18. The summed E-state index contributed by atoms with van der Waals surface area (Å²) in [5.74, 6) is 0.923. The van der Waals surface area contributed by atoms with Gasteiger partial charge in [0.2, 0.25) is 0 Å². The minimum absolute atomic E-state index is 0.385. The summed E-state index contributed by atoms with van der Waals surface area (Å²) in [6, 6.07) is 8.69. The minimum Gasteiger partial charge on any atom is -0.497 e. The van der Waals surface area contributed by atoms with E-state index in [2.05, 4.69) is 17.0 Å². The van der Waals surface area contributed by atoms with Crippen LogP contribution in [0.3, 0.4) is 0 Å². The smallest absolute Gasteiger partial charge is 0.118 e. The summed E-state index contributed by atoms with van der Waals surface area (Å²) >= 11 is 0. The van der Waals surface area contributed by atoms with Crippen LogP contribution in [0, 0.1) is 0 Å². The van der Waals surface area contributed by atoms with Crippen LogP contribution in [0.15, 0.2) is 24.3 Å². The van der Waals surface area contributed by atoms with Crippen molar-refractivity contribution in [2.24, 2.45) is 5.73 Å². The first-order valence-corrected chi connectivity index (χ1v) is 5.89. The maximum absolute atomic E-state index is 5.87. The second kappa shape index (κ2) is 5.32. The van der Waals surface area contributed by atoms with E-state index in [9.17, 15) is 0 Å². The summed E-state index contributed by atoms with van der Waals surface area (Å²) in [5, 5.41) is 0. The van der Waals surface area contributed by atoms with Gasteiger partial charge in [-0.25, -0.2) is 0 Å². The lowest BCUT2D eigenvalue weighted by atomic mass is 10.1. The topological polar surface area (TPSA) is 38.5 Å². The molecule has 1 atom stereocenters. The Morgan fingerprint density at radius 1 is 1.38 bits per heavy atom. The van der Waals surface area contributed by atoms with Crippen molar-refractivity contribution in [1.29, 1.82) is 0 Å². The zero-order chi connectivity index (χ0) is 11.4. The molecule has 1 fully saturated rings. The average molecular weight is 220 g/mol. The van der Waals surface area contributed by atoms with E-state index in [1.807, 2.05) is 12.1 Å². The van der Waals surface area contributed by atoms with E-state index in [4.69, 9.17) is 10.5 Å². The number of hydrogen-bond donors (Lipinski definition) is 1. The third-order valence-corrected chi connectivity index (χ3v) is 3.18. The van der Waals surface area contributed by atoms with Gasteiger partial charge in [-0.15, -0.1) is 0 Å². The number of nitrogens with two attached hydrogens (primary N) is 1. The molecule has 1 saturated heterocycles. The molecule has 0 amide bonds. The summed E-state index contributed by atoms with van der Waals surface area (Å²) in [6.45, 7) is 3.31. The molecule has 0 unspecified atom stereocenters. The molecule has 2 N–H and O–H groups in total. The lowest BCUT2D eigenvalue weighted by Crippen LogP contribution is -2.28. The standard InChI is InChI=1S/C13H20N2O/c1-16-13-4-2-11(3-5-13)6-8-15-9-7-12(14)10-15/h2-5,12H,6-10,14H2,1H3/t12-/m0/s1. The van der Waals surface area contributed by atoms with Gasteiger partial charge >= 0.3 is 0 Å². The van der Waals surface area contributed by atoms with Crippen molar-refractivity contribution in [3.63, 3.8) is 0 Å². The van der Waals surface area contributed by atoms with Crippen molar-refractivity contribution in [3.8, 4) is 5.75 Å². The van der Waals surface area contributed by atoms with Crippen LogP contribution in [0.25, 0.3) is 0 Å². The highest BCUT2D eigenvalue weighted by Gasteiger charge is 2.17. The summed E-state index contributed by atoms with van der Waals surface area (Å²) in [6.07, 6.45) is 2.24. The van der Waals surface area contributed by atoms with Gasteiger partial charge in [0.1, 0.15) is 5.75 Å². The lowest BCUT2D eigenvalue weighted by Gasteiger charge is -2.14. The molecule has 1 heterocycles. The summed E-state index contributed by atoms with van der Waals surface area (Å²) < 4.78 is 5.13. The molecule has 3 heteroatoms. The Kier molecular flexibility index (Phi) is 3.80. The van der Waals surface area contributed by atoms with Gasteiger partial charge in [-0.1, -0.05) is 12.1 Å². The number of hydrogen-bond acceptors (Lipinski definition) is 3. The minimum atomic E-state index is 0.385. The molecule has 3 nitrogen and oxygen atoms in total. The Balaban J connectivity index is 1.80. The van der Waals surface area contributed by atoms with E-state index in [1.54, 1.807) is 7.11 Å². The second-order valence-electron chi connectivity index (χ2n) is 4.45. The van der Waals surface area contributed by atoms with Gasteiger partial charge < -0.3 is 15.4 Å². The fourth-order valence-corrected chi connectivity index (χ4v) is 2.15. The normalized spacial score (nSPS) is 21.2. The highest BCUT2D eigenvalue weighted by molar-refractivity contribution is 5.27. The molecule has 88 valence electrons. The highest BCUT2D eigenvalue weighted by atomic mass is 16.5. The largest absolute Gasteiger partial charge is 0.497 e. The molecule has 16 heavy (non-hydrogen) atoms. The van der Waals surface area contributed by atoms with E-state index in [1.165, 1.54) is 5.56 Å². The van der Waals surface area contributed by atoms with Crippen LogP contribution in [0.1, 0.15) is 12.0 Å². The van der Waals surface area contributed by atoms with Gasteiger partial charge in [-0.05, 0) is 37.1 Å². The SMILES string of the molecule is COc1ccc(CCN2CC[C@H](N)C2)cc1. The van der Waals surface area contributed by atoms with Crippen molar-refractivity contribution in [2.45, 2.75) is 18.9 Å². The Bertz CT molecular complexity index is 323. The third kappa shape index (κ3) is 2.97. The first-order chi connectivity index (χ1) is 7.78. The van der Waals surface area contributed by atoms with Crippen LogP contribution >= 0.6 is 0 Å². The average Bonchev–Trinajstić information content (AvgIpc) is 2.73. The zero-order valence-corrected chi connectivity index (χ0v) is 9.86. The second-order valence-corrected chi connectivity index (χ2v) is 4.45. The quantitative estimate of drug-likeness (QED) is 0.830. The molecule has 0 aliphatic carbocycles. The number of rotatable bonds is 4. The molecule has 1 aromatic carbocycles. The van der Waals surface area contributed by atoms with Gasteiger partial charge in [0.25, 0.3) is 0 Å². The van der Waals surface area contributed by atoms with Crippen molar-refractivity contribution in [1.82, 2.24) is 4.90 Å². The molecule has 0 bridgehead atoms. The molecule has 0 radical (unpaired) electrons. The first kappa shape index (κ1) is 11.4. The predicted octanol–water partition coefficient (Wildman–Crippen LogP) is 1.27. The molecule has 0 saturated carbocycles. The predicted molar refractivity (Wildman–Crippen MR) is 65.7 cm³/mol. The van der Waals surface area contributed by atoms with Crippen molar-refractivity contribution in [3.05, 3.63) is 29.8 Å². The molecule has 2 rings (SSSR count). The van der Waals surface area contributed by atoms with E-state index in [0.29, 0.717) is 6.04 Å². The molecule has 0 aromatic heterocycles. The van der Waals surface area contributed by atoms with Gasteiger partial charge in [0.05, 0.1) is 7.11 Å². The fraction of sp³-hybridized carbons (Fsp3) is 0.538. The van der Waals surface area contributed by atoms with Crippen LogP contribution in [0.5, 0.6) is 5.75 Å². The first-order valence-electron chi connectivity index (χ1n) is 5.89. The number of methoxy groups -OCH3 is 1. The van der Waals surface area contributed by atoms with E-state index in [-0.39, 0.29) is 0 Å². The summed E-state index contributed by atoms with van der Waals surface area (Å²) in [5.41, 5.74) is 7.24. The Hall–Kier alpha value is -1.06. The highest BCUT2D eigenvalue weighted by Crippen LogP contribution is 2.13. The molecular weight excluding hydrogens is 200 g/mol. The maximum atomic E-state index is 5.87. The summed E-state index contributed by atoms with van der Waals surface area (Å²) in [4.78, 5) is 2.44. The van der Waals surface area contributed by atoms with Crippen LogP contribution in [-0.4, -0.2) is 37.7 Å². The van der Waals surface area contributed by atoms with E-state index < -0.39 is 0 Å². The summed E-state index contributed by atoms with van der Waals surface area (Å²) in [7, 11) is 1.70. The Morgan fingerprint density at radius 3 is 2.69 bits per heavy atom. The van der Waals surface area contributed by atoms with E-state index >= 15 is 0 Å². The maximum Gasteiger partial charge on any atom is 0.118 e.